The van der Waals surface area contributed by atoms with Gasteiger partial charge in [0.25, 0.3) is 0 Å². The number of ether oxygens (including phenoxy) is 1. The largest absolute Gasteiger partial charge is 0.444 e. The molecule has 3 rings (SSSR count). The Labute approximate surface area is 240 Å². The van der Waals surface area contributed by atoms with E-state index in [0.717, 1.165) is 11.3 Å². The van der Waals surface area contributed by atoms with E-state index in [2.05, 4.69) is 95.5 Å². The number of anilines is 2. The van der Waals surface area contributed by atoms with Gasteiger partial charge in [0.05, 0.1) is 0 Å². The Morgan fingerprint density at radius 1 is 0.550 bits per heavy atom. The van der Waals surface area contributed by atoms with Crippen molar-refractivity contribution in [2.45, 2.75) is 92.1 Å². The van der Waals surface area contributed by atoms with Gasteiger partial charge in [-0.15, -0.1) is 0 Å². The zero-order chi connectivity index (χ0) is 29.9. The van der Waals surface area contributed by atoms with Crippen molar-refractivity contribution in [3.8, 4) is 0 Å². The summed E-state index contributed by atoms with van der Waals surface area (Å²) in [6.45, 7) is 20.6. The summed E-state index contributed by atoms with van der Waals surface area (Å²) in [6, 6.07) is 24.9. The molecule has 214 valence electrons. The number of benzene rings is 3. The van der Waals surface area contributed by atoms with Crippen LogP contribution in [0.5, 0.6) is 0 Å². The van der Waals surface area contributed by atoms with Gasteiger partial charge in [-0.3, -0.25) is 10.1 Å². The van der Waals surface area contributed by atoms with Gasteiger partial charge in [0.15, 0.2) is 0 Å². The van der Waals surface area contributed by atoms with Crippen LogP contribution >= 0.6 is 0 Å². The van der Waals surface area contributed by atoms with Crippen LogP contribution in [0.3, 0.4) is 0 Å². The predicted molar refractivity (Wildman–Crippen MR) is 166 cm³/mol. The highest BCUT2D eigenvalue weighted by molar-refractivity contribution is 5.91. The number of carbonyl (C=O) groups is 2. The quantitative estimate of drug-likeness (QED) is 0.313. The SMILES string of the molecule is CC(C)(C)CC(=O)Nc1ccc(C(C)(C)c2ccc(C(C)(C)c3ccc(NC(=O)OC(C)(C)C)cc3)cc2)cc1. The van der Waals surface area contributed by atoms with Crippen molar-refractivity contribution in [1.29, 1.82) is 0 Å². The zero-order valence-corrected chi connectivity index (χ0v) is 25.9. The second-order valence-corrected chi connectivity index (χ2v) is 13.9. The summed E-state index contributed by atoms with van der Waals surface area (Å²) in [4.78, 5) is 24.4. The molecule has 0 fully saturated rings. The van der Waals surface area contributed by atoms with Crippen LogP contribution < -0.4 is 10.6 Å². The van der Waals surface area contributed by atoms with Crippen LogP contribution in [0, 0.1) is 5.41 Å². The molecule has 3 aromatic carbocycles. The molecule has 2 N–H and O–H groups in total. The lowest BCUT2D eigenvalue weighted by atomic mass is 9.74. The lowest BCUT2D eigenvalue weighted by molar-refractivity contribution is -0.117. The van der Waals surface area contributed by atoms with E-state index in [1.54, 1.807) is 0 Å². The summed E-state index contributed by atoms with van der Waals surface area (Å²) in [6.07, 6.45) is 0.0217. The Morgan fingerprint density at radius 3 is 1.20 bits per heavy atom. The van der Waals surface area contributed by atoms with E-state index in [4.69, 9.17) is 4.74 Å². The molecule has 0 bridgehead atoms. The number of amides is 2. The molecule has 5 heteroatoms. The van der Waals surface area contributed by atoms with Crippen molar-refractivity contribution < 1.29 is 14.3 Å². The number of hydrogen-bond donors (Lipinski definition) is 2. The van der Waals surface area contributed by atoms with Gasteiger partial charge >= 0.3 is 6.09 Å². The predicted octanol–water partition coefficient (Wildman–Crippen LogP) is 9.06. The molecule has 3 aromatic rings. The Kier molecular flexibility index (Phi) is 8.88. The summed E-state index contributed by atoms with van der Waals surface area (Å²) >= 11 is 0. The maximum Gasteiger partial charge on any atom is 0.412 e. The van der Waals surface area contributed by atoms with Crippen LogP contribution in [0.25, 0.3) is 0 Å². The minimum absolute atomic E-state index is 0.0339. The van der Waals surface area contributed by atoms with E-state index in [1.807, 2.05) is 57.2 Å². The average molecular weight is 543 g/mol. The second kappa shape index (κ2) is 11.5. The van der Waals surface area contributed by atoms with Gasteiger partial charge in [0.1, 0.15) is 5.60 Å². The maximum atomic E-state index is 12.3. The van der Waals surface area contributed by atoms with E-state index in [1.165, 1.54) is 16.7 Å². The number of carbonyl (C=O) groups excluding carboxylic acids is 2. The molecule has 0 aliphatic heterocycles. The molecular formula is C35H46N2O3. The Bertz CT molecular complexity index is 1200. The summed E-state index contributed by atoms with van der Waals surface area (Å²) < 4.78 is 5.35. The molecule has 0 heterocycles. The topological polar surface area (TPSA) is 67.4 Å². The number of rotatable bonds is 7. The molecule has 5 nitrogen and oxygen atoms in total. The van der Waals surface area contributed by atoms with E-state index in [-0.39, 0.29) is 22.2 Å². The lowest BCUT2D eigenvalue weighted by Gasteiger charge is -2.30. The third-order valence-corrected chi connectivity index (χ3v) is 7.16. The average Bonchev–Trinajstić information content (AvgIpc) is 2.82. The molecule has 0 spiro atoms. The zero-order valence-electron chi connectivity index (χ0n) is 25.9. The highest BCUT2D eigenvalue weighted by Crippen LogP contribution is 2.36. The van der Waals surface area contributed by atoms with Crippen LogP contribution in [0.1, 0.15) is 97.9 Å². The van der Waals surface area contributed by atoms with E-state index < -0.39 is 11.7 Å². The highest BCUT2D eigenvalue weighted by Gasteiger charge is 2.27. The minimum atomic E-state index is -0.542. The van der Waals surface area contributed by atoms with Crippen molar-refractivity contribution in [2.75, 3.05) is 10.6 Å². The molecule has 0 aromatic heterocycles. The van der Waals surface area contributed by atoms with Gasteiger partial charge in [0, 0.05) is 28.6 Å². The first kappa shape index (κ1) is 30.9. The van der Waals surface area contributed by atoms with Crippen LogP contribution in [0.15, 0.2) is 72.8 Å². The van der Waals surface area contributed by atoms with Crippen molar-refractivity contribution in [3.63, 3.8) is 0 Å². The molecule has 2 amide bonds. The van der Waals surface area contributed by atoms with E-state index in [0.29, 0.717) is 12.1 Å². The minimum Gasteiger partial charge on any atom is -0.444 e. The van der Waals surface area contributed by atoms with Crippen LogP contribution in [0.4, 0.5) is 16.2 Å². The standard InChI is InChI=1S/C35H46N2O3/c1-32(2,3)23-30(38)36-28-19-15-26(16-20-28)34(7,8)24-11-13-25(14-12-24)35(9,10)27-17-21-29(22-18-27)37-31(39)40-33(4,5)6/h11-22H,23H2,1-10H3,(H,36,38)(H,37,39). The molecule has 40 heavy (non-hydrogen) atoms. The first-order chi connectivity index (χ1) is 18.4. The van der Waals surface area contributed by atoms with Crippen LogP contribution in [0.2, 0.25) is 0 Å². The summed E-state index contributed by atoms with van der Waals surface area (Å²) in [5.74, 6) is 0.0339. The van der Waals surface area contributed by atoms with Crippen LogP contribution in [-0.4, -0.2) is 17.6 Å². The molecule has 0 saturated carbocycles. The Balaban J connectivity index is 1.71. The third-order valence-electron chi connectivity index (χ3n) is 7.16. The van der Waals surface area contributed by atoms with E-state index >= 15 is 0 Å². The van der Waals surface area contributed by atoms with Gasteiger partial charge in [0.2, 0.25) is 5.91 Å². The molecule has 0 unspecified atom stereocenters. The Hall–Kier alpha value is -3.60. The molecule has 0 saturated heterocycles. The van der Waals surface area contributed by atoms with Crippen molar-refractivity contribution in [1.82, 2.24) is 0 Å². The van der Waals surface area contributed by atoms with Gasteiger partial charge in [-0.1, -0.05) is 97.0 Å². The molecule has 0 aliphatic rings. The first-order valence-corrected chi connectivity index (χ1v) is 14.0. The fraction of sp³-hybridized carbons (Fsp3) is 0.429. The van der Waals surface area contributed by atoms with Crippen LogP contribution in [-0.2, 0) is 20.4 Å². The van der Waals surface area contributed by atoms with Crippen molar-refractivity contribution in [3.05, 3.63) is 95.1 Å². The molecule has 0 radical (unpaired) electrons. The summed E-state index contributed by atoms with van der Waals surface area (Å²) in [5, 5.41) is 5.81. The third kappa shape index (κ3) is 8.20. The van der Waals surface area contributed by atoms with Gasteiger partial charge in [-0.2, -0.15) is 0 Å². The number of nitrogens with one attached hydrogen (secondary N) is 2. The fourth-order valence-corrected chi connectivity index (χ4v) is 4.69. The first-order valence-electron chi connectivity index (χ1n) is 14.0. The normalized spacial score (nSPS) is 12.6. The van der Waals surface area contributed by atoms with Crippen molar-refractivity contribution >= 4 is 23.4 Å². The Morgan fingerprint density at radius 2 is 0.875 bits per heavy atom. The highest BCUT2D eigenvalue weighted by atomic mass is 16.6. The van der Waals surface area contributed by atoms with Crippen molar-refractivity contribution in [2.24, 2.45) is 5.41 Å². The van der Waals surface area contributed by atoms with Gasteiger partial charge in [-0.05, 0) is 72.7 Å². The molecule has 0 aliphatic carbocycles. The second-order valence-electron chi connectivity index (χ2n) is 13.9. The molecular weight excluding hydrogens is 496 g/mol. The van der Waals surface area contributed by atoms with Gasteiger partial charge in [-0.25, -0.2) is 4.79 Å². The smallest absolute Gasteiger partial charge is 0.412 e. The van der Waals surface area contributed by atoms with Gasteiger partial charge < -0.3 is 10.1 Å². The lowest BCUT2D eigenvalue weighted by Crippen LogP contribution is -2.27. The fourth-order valence-electron chi connectivity index (χ4n) is 4.69. The number of hydrogen-bond acceptors (Lipinski definition) is 3. The molecule has 0 atom stereocenters. The summed E-state index contributed by atoms with van der Waals surface area (Å²) in [5.41, 5.74) is 5.26. The summed E-state index contributed by atoms with van der Waals surface area (Å²) in [7, 11) is 0. The monoisotopic (exact) mass is 542 g/mol. The maximum absolute atomic E-state index is 12.3. The van der Waals surface area contributed by atoms with E-state index in [9.17, 15) is 9.59 Å².